The van der Waals surface area contributed by atoms with Crippen molar-refractivity contribution in [2.24, 2.45) is 5.92 Å². The Hall–Kier alpha value is -1.74. The van der Waals surface area contributed by atoms with Gasteiger partial charge in [0.25, 0.3) is 0 Å². The molecule has 1 aromatic heterocycles. The highest BCUT2D eigenvalue weighted by Gasteiger charge is 2.21. The van der Waals surface area contributed by atoms with Crippen LogP contribution in [0.1, 0.15) is 56.9 Å². The Kier molecular flexibility index (Phi) is 6.19. The van der Waals surface area contributed by atoms with Crippen molar-refractivity contribution in [2.75, 3.05) is 0 Å². The number of hydrogen-bond acceptors (Lipinski definition) is 2. The third kappa shape index (κ3) is 4.66. The van der Waals surface area contributed by atoms with Gasteiger partial charge in [-0.25, -0.2) is 14.4 Å². The maximum Gasteiger partial charge on any atom is 0.159 e. The molecule has 1 saturated carbocycles. The highest BCUT2D eigenvalue weighted by atomic mass is 35.5. The van der Waals surface area contributed by atoms with E-state index in [2.05, 4.69) is 29.0 Å². The normalized spacial score (nSPS) is 20.9. The molecular formula is C21H24ClFN2. The van der Waals surface area contributed by atoms with Crippen LogP contribution in [0.25, 0.3) is 11.4 Å². The van der Waals surface area contributed by atoms with Crippen LogP contribution in [-0.2, 0) is 0 Å². The summed E-state index contributed by atoms with van der Waals surface area (Å²) < 4.78 is 13.3. The van der Waals surface area contributed by atoms with Gasteiger partial charge in [0.1, 0.15) is 5.82 Å². The molecule has 25 heavy (non-hydrogen) atoms. The zero-order chi connectivity index (χ0) is 17.6. The minimum absolute atomic E-state index is 0.0969. The fourth-order valence-corrected chi connectivity index (χ4v) is 3.61. The van der Waals surface area contributed by atoms with Crippen LogP contribution in [-0.4, -0.2) is 9.97 Å². The van der Waals surface area contributed by atoms with E-state index >= 15 is 0 Å². The van der Waals surface area contributed by atoms with Gasteiger partial charge in [0.15, 0.2) is 5.82 Å². The topological polar surface area (TPSA) is 25.8 Å². The molecule has 0 radical (unpaired) electrons. The Morgan fingerprint density at radius 2 is 1.88 bits per heavy atom. The zero-order valence-corrected chi connectivity index (χ0v) is 15.3. The number of nitrogens with zero attached hydrogens (tertiary/aromatic N) is 2. The summed E-state index contributed by atoms with van der Waals surface area (Å²) in [6.07, 6.45) is 15.8. The first-order chi connectivity index (χ1) is 12.2. The molecule has 1 aromatic carbocycles. The smallest absolute Gasteiger partial charge is 0.159 e. The third-order valence-electron chi connectivity index (χ3n) is 4.96. The maximum absolute atomic E-state index is 13.3. The Bertz CT molecular complexity index is 719. The van der Waals surface area contributed by atoms with Crippen LogP contribution in [0, 0.1) is 11.7 Å². The van der Waals surface area contributed by atoms with Gasteiger partial charge in [-0.05, 0) is 67.7 Å². The van der Waals surface area contributed by atoms with Crippen LogP contribution in [0.3, 0.4) is 0 Å². The Labute approximate surface area is 154 Å². The molecule has 0 amide bonds. The predicted octanol–water partition coefficient (Wildman–Crippen LogP) is 6.57. The highest BCUT2D eigenvalue weighted by Crippen LogP contribution is 2.36. The van der Waals surface area contributed by atoms with E-state index in [1.165, 1.54) is 50.2 Å². The molecule has 1 fully saturated rings. The summed E-state index contributed by atoms with van der Waals surface area (Å²) in [5, 5.41) is 0.0969. The number of unbranched alkanes of at least 4 members (excludes halogenated alkanes) is 1. The molecular weight excluding hydrogens is 335 g/mol. The molecule has 1 aliphatic rings. The molecule has 0 aliphatic heterocycles. The largest absolute Gasteiger partial charge is 0.236 e. The van der Waals surface area contributed by atoms with Crippen LogP contribution < -0.4 is 0 Å². The van der Waals surface area contributed by atoms with E-state index in [4.69, 9.17) is 11.6 Å². The van der Waals surface area contributed by atoms with Gasteiger partial charge in [0.2, 0.25) is 0 Å². The fourth-order valence-electron chi connectivity index (χ4n) is 3.43. The quantitative estimate of drug-likeness (QED) is 0.565. The minimum atomic E-state index is -0.424. The van der Waals surface area contributed by atoms with E-state index < -0.39 is 5.82 Å². The number of hydrogen-bond donors (Lipinski definition) is 0. The lowest BCUT2D eigenvalue weighted by Crippen LogP contribution is -2.12. The first kappa shape index (κ1) is 18.1. The van der Waals surface area contributed by atoms with Gasteiger partial charge < -0.3 is 0 Å². The average molecular weight is 359 g/mol. The fraction of sp³-hybridized carbons (Fsp3) is 0.429. The predicted molar refractivity (Wildman–Crippen MR) is 101 cm³/mol. The summed E-state index contributed by atoms with van der Waals surface area (Å²) in [6.45, 7) is 2.21. The summed E-state index contributed by atoms with van der Waals surface area (Å²) in [4.78, 5) is 8.94. The first-order valence-electron chi connectivity index (χ1n) is 9.11. The van der Waals surface area contributed by atoms with E-state index in [1.54, 1.807) is 12.1 Å². The van der Waals surface area contributed by atoms with Crippen molar-refractivity contribution in [3.63, 3.8) is 0 Å². The van der Waals surface area contributed by atoms with Gasteiger partial charge in [-0.2, -0.15) is 0 Å². The van der Waals surface area contributed by atoms with Gasteiger partial charge in [-0.3, -0.25) is 0 Å². The minimum Gasteiger partial charge on any atom is -0.236 e. The molecule has 132 valence electrons. The van der Waals surface area contributed by atoms with E-state index in [9.17, 15) is 4.39 Å². The monoisotopic (exact) mass is 358 g/mol. The molecule has 0 bridgehead atoms. The molecule has 0 N–H and O–H groups in total. The highest BCUT2D eigenvalue weighted by molar-refractivity contribution is 6.31. The second-order valence-corrected chi connectivity index (χ2v) is 7.20. The number of benzene rings is 1. The molecule has 1 aliphatic carbocycles. The lowest BCUT2D eigenvalue weighted by atomic mass is 9.79. The summed E-state index contributed by atoms with van der Waals surface area (Å²) in [5.41, 5.74) is 1.94. The van der Waals surface area contributed by atoms with Gasteiger partial charge in [0.05, 0.1) is 5.02 Å². The summed E-state index contributed by atoms with van der Waals surface area (Å²) in [5.74, 6) is 1.43. The second kappa shape index (κ2) is 8.57. The van der Waals surface area contributed by atoms with Crippen molar-refractivity contribution in [3.8, 4) is 11.4 Å². The van der Waals surface area contributed by atoms with Gasteiger partial charge in [0, 0.05) is 18.0 Å². The molecule has 2 aromatic rings. The number of aromatic nitrogens is 2. The van der Waals surface area contributed by atoms with E-state index in [-0.39, 0.29) is 5.02 Å². The van der Waals surface area contributed by atoms with Crippen LogP contribution in [0.4, 0.5) is 4.39 Å². The molecule has 1 heterocycles. The van der Waals surface area contributed by atoms with Crippen molar-refractivity contribution in [2.45, 2.75) is 51.4 Å². The van der Waals surface area contributed by atoms with Crippen LogP contribution in [0.2, 0.25) is 5.02 Å². The molecule has 0 atom stereocenters. The van der Waals surface area contributed by atoms with Crippen LogP contribution in [0.5, 0.6) is 0 Å². The van der Waals surface area contributed by atoms with Crippen molar-refractivity contribution >= 4 is 11.6 Å². The molecule has 4 heteroatoms. The molecule has 0 spiro atoms. The number of halogens is 2. The molecule has 3 rings (SSSR count). The van der Waals surface area contributed by atoms with Gasteiger partial charge in [-0.15, -0.1) is 0 Å². The summed E-state index contributed by atoms with van der Waals surface area (Å²) in [7, 11) is 0. The van der Waals surface area contributed by atoms with Gasteiger partial charge >= 0.3 is 0 Å². The zero-order valence-electron chi connectivity index (χ0n) is 14.6. The lowest BCUT2D eigenvalue weighted by molar-refractivity contribution is 0.374. The maximum atomic E-state index is 13.3. The number of allylic oxidation sites excluding steroid dienone is 2. The van der Waals surface area contributed by atoms with Crippen molar-refractivity contribution < 1.29 is 4.39 Å². The second-order valence-electron chi connectivity index (χ2n) is 6.80. The Morgan fingerprint density at radius 3 is 2.52 bits per heavy atom. The lowest BCUT2D eigenvalue weighted by Gasteiger charge is -2.26. The van der Waals surface area contributed by atoms with Crippen molar-refractivity contribution in [3.05, 3.63) is 59.1 Å². The standard InChI is InChI=1S/C21H24ClFN2/c1-2-3-4-5-15-6-8-16(9-7-15)18-13-24-21(25-14-18)17-10-11-20(23)19(22)12-17/h4-5,10-16H,2-3,6-9H2,1H3/b5-4+. The van der Waals surface area contributed by atoms with Crippen LogP contribution >= 0.6 is 11.6 Å². The van der Waals surface area contributed by atoms with Crippen LogP contribution in [0.15, 0.2) is 42.7 Å². The van der Waals surface area contributed by atoms with Gasteiger partial charge in [-0.1, -0.05) is 37.1 Å². The summed E-state index contributed by atoms with van der Waals surface area (Å²) in [6, 6.07) is 4.58. The molecule has 0 saturated heterocycles. The number of rotatable bonds is 5. The van der Waals surface area contributed by atoms with Crippen molar-refractivity contribution in [1.29, 1.82) is 0 Å². The van der Waals surface area contributed by atoms with E-state index in [1.807, 2.05) is 12.4 Å². The molecule has 2 nitrogen and oxygen atoms in total. The van der Waals surface area contributed by atoms with Crippen molar-refractivity contribution in [1.82, 2.24) is 9.97 Å². The first-order valence-corrected chi connectivity index (χ1v) is 9.49. The molecule has 0 unspecified atom stereocenters. The van der Waals surface area contributed by atoms with E-state index in [0.29, 0.717) is 11.7 Å². The van der Waals surface area contributed by atoms with E-state index in [0.717, 1.165) is 11.5 Å². The SMILES string of the molecule is CCC/C=C/C1CCC(c2cnc(-c3ccc(F)c(Cl)c3)nc2)CC1. The third-order valence-corrected chi connectivity index (χ3v) is 5.25. The Balaban J connectivity index is 1.62. The average Bonchev–Trinajstić information content (AvgIpc) is 2.65. The Morgan fingerprint density at radius 1 is 1.16 bits per heavy atom. The summed E-state index contributed by atoms with van der Waals surface area (Å²) >= 11 is 5.84.